The van der Waals surface area contributed by atoms with E-state index in [-0.39, 0.29) is 0 Å². The van der Waals surface area contributed by atoms with E-state index in [1.54, 1.807) is 55.8 Å². The largest absolute Gasteiger partial charge is 0.314 e. The Hall–Kier alpha value is -0.0400. The second-order valence-corrected chi connectivity index (χ2v) is 10.1. The van der Waals surface area contributed by atoms with Crippen LogP contribution >= 0.6 is 0 Å². The number of quaternary nitrogens is 1. The van der Waals surface area contributed by atoms with Crippen LogP contribution in [0.4, 0.5) is 0 Å². The summed E-state index contributed by atoms with van der Waals surface area (Å²) in [5.41, 5.74) is 0. The molecule has 0 atom stereocenters. The van der Waals surface area contributed by atoms with Gasteiger partial charge in [0, 0.05) is 0 Å². The fourth-order valence-corrected chi connectivity index (χ4v) is 7.90. The van der Waals surface area contributed by atoms with Gasteiger partial charge in [0.2, 0.25) is 0 Å². The molecular weight excluding hydrogens is 302 g/mol. The van der Waals surface area contributed by atoms with Crippen LogP contribution in [0.25, 0.3) is 0 Å². The molecule has 4 rings (SSSR count). The van der Waals surface area contributed by atoms with E-state index in [0.717, 1.165) is 24.2 Å². The summed E-state index contributed by atoms with van der Waals surface area (Å²) in [5, 5.41) is 0. The normalized spacial score (nSPS) is 29.8. The Morgan fingerprint density at radius 3 is 0.680 bits per heavy atom. The third-order valence-electron chi connectivity index (χ3n) is 8.83. The molecule has 0 unspecified atom stereocenters. The highest BCUT2D eigenvalue weighted by atomic mass is 15.4. The highest BCUT2D eigenvalue weighted by Gasteiger charge is 2.53. The van der Waals surface area contributed by atoms with Crippen molar-refractivity contribution in [2.75, 3.05) is 0 Å². The molecule has 1 heteroatoms. The van der Waals surface area contributed by atoms with Crippen molar-refractivity contribution >= 4 is 0 Å². The quantitative estimate of drug-likeness (QED) is 0.475. The summed E-state index contributed by atoms with van der Waals surface area (Å²) in [4.78, 5) is 0. The van der Waals surface area contributed by atoms with Gasteiger partial charge in [-0.2, -0.15) is 0 Å². The lowest BCUT2D eigenvalue weighted by Gasteiger charge is -2.62. The Balaban J connectivity index is 1.70. The molecule has 0 aromatic heterocycles. The van der Waals surface area contributed by atoms with Gasteiger partial charge in [-0.3, -0.25) is 0 Å². The Morgan fingerprint density at radius 2 is 0.480 bits per heavy atom. The van der Waals surface area contributed by atoms with Crippen LogP contribution in [0.5, 0.6) is 0 Å². The van der Waals surface area contributed by atoms with Crippen molar-refractivity contribution in [1.82, 2.24) is 0 Å². The van der Waals surface area contributed by atoms with E-state index in [1.165, 1.54) is 77.0 Å². The molecule has 144 valence electrons. The van der Waals surface area contributed by atoms with Crippen LogP contribution in [0.15, 0.2) is 0 Å². The molecule has 25 heavy (non-hydrogen) atoms. The Morgan fingerprint density at radius 1 is 0.280 bits per heavy atom. The van der Waals surface area contributed by atoms with E-state index in [0.29, 0.717) is 0 Å². The summed E-state index contributed by atoms with van der Waals surface area (Å²) in [6.45, 7) is 0. The zero-order valence-corrected chi connectivity index (χ0v) is 16.9. The zero-order valence-electron chi connectivity index (χ0n) is 16.9. The molecule has 4 saturated carbocycles. The first-order chi connectivity index (χ1) is 12.4. The molecule has 0 aromatic rings. The first kappa shape index (κ1) is 18.3. The molecule has 1 nitrogen and oxygen atoms in total. The first-order valence-corrected chi connectivity index (χ1v) is 12.3. The van der Waals surface area contributed by atoms with Crippen molar-refractivity contribution in [3.8, 4) is 0 Å². The fourth-order valence-electron chi connectivity index (χ4n) is 7.90. The van der Waals surface area contributed by atoms with E-state index in [2.05, 4.69) is 0 Å². The third-order valence-corrected chi connectivity index (χ3v) is 8.83. The number of nitrogens with zero attached hydrogens (tertiary/aromatic N) is 1. The minimum atomic E-state index is 1.04. The Labute approximate surface area is 157 Å². The van der Waals surface area contributed by atoms with Crippen LogP contribution in [-0.2, 0) is 0 Å². The maximum absolute atomic E-state index is 1.67. The fraction of sp³-hybridized carbons (Fsp3) is 1.00. The molecule has 0 bridgehead atoms. The SMILES string of the molecule is C1CCC([N+](C2CCCCC2)(C2CCCCC2)C2CCCCC2)CC1. The van der Waals surface area contributed by atoms with Crippen LogP contribution in [0, 0.1) is 0 Å². The van der Waals surface area contributed by atoms with E-state index in [1.807, 2.05) is 0 Å². The van der Waals surface area contributed by atoms with Gasteiger partial charge in [0.15, 0.2) is 0 Å². The average molecular weight is 347 g/mol. The van der Waals surface area contributed by atoms with Crippen molar-refractivity contribution < 1.29 is 4.48 Å². The lowest BCUT2D eigenvalue weighted by molar-refractivity contribution is -1.02. The number of hydrogen-bond acceptors (Lipinski definition) is 0. The summed E-state index contributed by atoms with van der Waals surface area (Å²) in [5.74, 6) is 0. The molecule has 0 aromatic carbocycles. The Bertz CT molecular complexity index is 301. The standard InChI is InChI=1S/C24H44N/c1-5-13-21(14-6-1)25(22-15-7-2-8-16-22,23-17-9-3-10-18-23)24-19-11-4-12-20-24/h21-24H,1-20H2/q+1. The van der Waals surface area contributed by atoms with Gasteiger partial charge in [0.25, 0.3) is 0 Å². The van der Waals surface area contributed by atoms with Crippen molar-refractivity contribution in [2.45, 2.75) is 153 Å². The summed E-state index contributed by atoms with van der Waals surface area (Å²) < 4.78 is 1.67. The highest BCUT2D eigenvalue weighted by molar-refractivity contribution is 4.85. The second kappa shape index (κ2) is 8.77. The van der Waals surface area contributed by atoms with Gasteiger partial charge in [0.1, 0.15) is 0 Å². The molecule has 0 aliphatic heterocycles. The lowest BCUT2D eigenvalue weighted by Crippen LogP contribution is -2.72. The van der Waals surface area contributed by atoms with E-state index in [9.17, 15) is 0 Å². The number of hydrogen-bond donors (Lipinski definition) is 0. The summed E-state index contributed by atoms with van der Waals surface area (Å²) >= 11 is 0. The minimum Gasteiger partial charge on any atom is -0.314 e. The van der Waals surface area contributed by atoms with Gasteiger partial charge in [-0.15, -0.1) is 0 Å². The molecular formula is C24H44N+. The van der Waals surface area contributed by atoms with E-state index in [4.69, 9.17) is 0 Å². The van der Waals surface area contributed by atoms with Gasteiger partial charge in [-0.25, -0.2) is 0 Å². The van der Waals surface area contributed by atoms with Gasteiger partial charge < -0.3 is 4.48 Å². The second-order valence-electron chi connectivity index (χ2n) is 10.1. The predicted molar refractivity (Wildman–Crippen MR) is 108 cm³/mol. The minimum absolute atomic E-state index is 1.04. The van der Waals surface area contributed by atoms with Crippen molar-refractivity contribution in [1.29, 1.82) is 0 Å². The molecule has 4 aliphatic carbocycles. The maximum atomic E-state index is 1.67. The molecule has 0 radical (unpaired) electrons. The highest BCUT2D eigenvalue weighted by Crippen LogP contribution is 2.47. The maximum Gasteiger partial charge on any atom is 0.0896 e. The average Bonchev–Trinajstić information content (AvgIpc) is 2.72. The zero-order chi connectivity index (χ0) is 17.0. The molecule has 4 aliphatic rings. The van der Waals surface area contributed by atoms with Crippen LogP contribution in [0.1, 0.15) is 128 Å². The van der Waals surface area contributed by atoms with Crippen LogP contribution in [0.3, 0.4) is 0 Å². The first-order valence-electron chi connectivity index (χ1n) is 12.3. The topological polar surface area (TPSA) is 0 Å². The summed E-state index contributed by atoms with van der Waals surface area (Å²) in [6, 6.07) is 4.18. The van der Waals surface area contributed by atoms with Crippen molar-refractivity contribution in [3.05, 3.63) is 0 Å². The van der Waals surface area contributed by atoms with Gasteiger partial charge in [0.05, 0.1) is 24.2 Å². The van der Waals surface area contributed by atoms with Gasteiger partial charge in [-0.1, -0.05) is 25.7 Å². The summed E-state index contributed by atoms with van der Waals surface area (Å²) in [7, 11) is 0. The van der Waals surface area contributed by atoms with E-state index < -0.39 is 0 Å². The molecule has 0 heterocycles. The Kier molecular flexibility index (Phi) is 6.43. The van der Waals surface area contributed by atoms with Crippen LogP contribution < -0.4 is 0 Å². The van der Waals surface area contributed by atoms with Crippen LogP contribution in [-0.4, -0.2) is 28.7 Å². The van der Waals surface area contributed by atoms with E-state index >= 15 is 0 Å². The smallest absolute Gasteiger partial charge is 0.0896 e. The summed E-state index contributed by atoms with van der Waals surface area (Å²) in [6.07, 6.45) is 31.0. The predicted octanol–water partition coefficient (Wildman–Crippen LogP) is 7.13. The molecule has 0 amide bonds. The van der Waals surface area contributed by atoms with Gasteiger partial charge in [-0.05, 0) is 103 Å². The number of rotatable bonds is 4. The van der Waals surface area contributed by atoms with Gasteiger partial charge >= 0.3 is 0 Å². The third kappa shape index (κ3) is 3.69. The molecule has 0 N–H and O–H groups in total. The molecule has 4 fully saturated rings. The monoisotopic (exact) mass is 346 g/mol. The lowest BCUT2D eigenvalue weighted by atomic mass is 9.76. The molecule has 0 saturated heterocycles. The van der Waals surface area contributed by atoms with Crippen LogP contribution in [0.2, 0.25) is 0 Å². The molecule has 0 spiro atoms. The van der Waals surface area contributed by atoms with Crippen molar-refractivity contribution in [2.24, 2.45) is 0 Å². The van der Waals surface area contributed by atoms with Crippen molar-refractivity contribution in [3.63, 3.8) is 0 Å².